The summed E-state index contributed by atoms with van der Waals surface area (Å²) in [5, 5.41) is 20.1. The Morgan fingerprint density at radius 1 is 0.778 bits per heavy atom. The largest absolute Gasteiger partial charge is 0.395 e. The summed E-state index contributed by atoms with van der Waals surface area (Å²) >= 11 is 0. The van der Waals surface area contributed by atoms with Crippen LogP contribution in [0.4, 0.5) is 0 Å². The number of fused-ring (bicyclic) bond motifs is 1. The van der Waals surface area contributed by atoms with Gasteiger partial charge in [0.1, 0.15) is 0 Å². The standard InChI is InChI=1S/C24H25NO2/c26-16-15-25-22(18-27)17-19-9-7-8-14-23(19)24(25,20-10-3-1-4-11-20)21-12-5-2-6-13-21/h1-14,22,26-27H,15-18H2. The van der Waals surface area contributed by atoms with Crippen LogP contribution in [0.3, 0.4) is 0 Å². The topological polar surface area (TPSA) is 43.7 Å². The van der Waals surface area contributed by atoms with E-state index >= 15 is 0 Å². The van der Waals surface area contributed by atoms with Crippen molar-refractivity contribution >= 4 is 0 Å². The fourth-order valence-electron chi connectivity index (χ4n) is 4.63. The van der Waals surface area contributed by atoms with Crippen LogP contribution in [0.25, 0.3) is 0 Å². The summed E-state index contributed by atoms with van der Waals surface area (Å²) in [6.45, 7) is 0.583. The van der Waals surface area contributed by atoms with E-state index in [0.29, 0.717) is 6.54 Å². The Balaban J connectivity index is 2.09. The van der Waals surface area contributed by atoms with E-state index in [1.165, 1.54) is 11.1 Å². The van der Waals surface area contributed by atoms with Crippen LogP contribution in [-0.2, 0) is 12.0 Å². The summed E-state index contributed by atoms with van der Waals surface area (Å²) in [6.07, 6.45) is 0.772. The lowest BCUT2D eigenvalue weighted by Crippen LogP contribution is -2.59. The third-order valence-corrected chi connectivity index (χ3v) is 5.67. The van der Waals surface area contributed by atoms with Crippen molar-refractivity contribution in [3.63, 3.8) is 0 Å². The molecule has 0 aromatic heterocycles. The van der Waals surface area contributed by atoms with E-state index in [1.807, 2.05) is 12.1 Å². The van der Waals surface area contributed by atoms with Crippen molar-refractivity contribution in [1.82, 2.24) is 4.90 Å². The zero-order chi connectivity index (χ0) is 18.7. The molecule has 3 nitrogen and oxygen atoms in total. The monoisotopic (exact) mass is 359 g/mol. The SMILES string of the molecule is OCCN1C(CO)Cc2ccccc2C1(c1ccccc1)c1ccccc1. The molecule has 1 aliphatic heterocycles. The lowest BCUT2D eigenvalue weighted by molar-refractivity contribution is 0.0309. The molecule has 0 spiro atoms. The van der Waals surface area contributed by atoms with Gasteiger partial charge in [-0.15, -0.1) is 0 Å². The number of nitrogens with zero attached hydrogens (tertiary/aromatic N) is 1. The lowest BCUT2D eigenvalue weighted by Gasteiger charge is -2.52. The molecule has 1 unspecified atom stereocenters. The van der Waals surface area contributed by atoms with Crippen molar-refractivity contribution in [3.05, 3.63) is 107 Å². The molecule has 3 aromatic carbocycles. The fourth-order valence-corrected chi connectivity index (χ4v) is 4.63. The van der Waals surface area contributed by atoms with E-state index in [4.69, 9.17) is 0 Å². The summed E-state index contributed by atoms with van der Waals surface area (Å²) < 4.78 is 0. The minimum absolute atomic E-state index is 0.0418. The second-order valence-corrected chi connectivity index (χ2v) is 7.06. The molecule has 3 aromatic rings. The molecule has 2 N–H and O–H groups in total. The Kier molecular flexibility index (Phi) is 5.08. The molecule has 0 aliphatic carbocycles. The van der Waals surface area contributed by atoms with Crippen molar-refractivity contribution in [1.29, 1.82) is 0 Å². The first-order chi connectivity index (χ1) is 13.3. The molecular weight excluding hydrogens is 334 g/mol. The van der Waals surface area contributed by atoms with Gasteiger partial charge in [0, 0.05) is 12.6 Å². The van der Waals surface area contributed by atoms with Crippen LogP contribution in [0, 0.1) is 0 Å². The molecule has 1 atom stereocenters. The average Bonchev–Trinajstić information content (AvgIpc) is 2.75. The molecule has 0 saturated heterocycles. The van der Waals surface area contributed by atoms with Crippen molar-refractivity contribution in [2.45, 2.75) is 18.0 Å². The molecule has 138 valence electrons. The third-order valence-electron chi connectivity index (χ3n) is 5.67. The highest BCUT2D eigenvalue weighted by molar-refractivity contribution is 5.54. The van der Waals surface area contributed by atoms with Gasteiger partial charge in [0.2, 0.25) is 0 Å². The first-order valence-electron chi connectivity index (χ1n) is 9.50. The Morgan fingerprint density at radius 3 is 1.89 bits per heavy atom. The van der Waals surface area contributed by atoms with Crippen LogP contribution < -0.4 is 0 Å². The molecular formula is C24H25NO2. The maximum Gasteiger partial charge on any atom is 0.0979 e. The van der Waals surface area contributed by atoms with Gasteiger partial charge in [0.05, 0.1) is 18.8 Å². The highest BCUT2D eigenvalue weighted by atomic mass is 16.3. The molecule has 0 fully saturated rings. The van der Waals surface area contributed by atoms with Gasteiger partial charge in [-0.3, -0.25) is 4.90 Å². The number of hydrogen-bond acceptors (Lipinski definition) is 3. The highest BCUT2D eigenvalue weighted by Crippen LogP contribution is 2.47. The van der Waals surface area contributed by atoms with Gasteiger partial charge in [0.25, 0.3) is 0 Å². The van der Waals surface area contributed by atoms with Gasteiger partial charge in [0.15, 0.2) is 0 Å². The van der Waals surface area contributed by atoms with Crippen LogP contribution in [0.5, 0.6) is 0 Å². The van der Waals surface area contributed by atoms with E-state index in [0.717, 1.165) is 17.5 Å². The number of hydrogen-bond donors (Lipinski definition) is 2. The molecule has 27 heavy (non-hydrogen) atoms. The predicted octanol–water partition coefficient (Wildman–Crippen LogP) is 3.19. The zero-order valence-corrected chi connectivity index (χ0v) is 15.3. The van der Waals surface area contributed by atoms with Crippen molar-refractivity contribution in [3.8, 4) is 0 Å². The molecule has 0 saturated carbocycles. The Hall–Kier alpha value is -2.46. The molecule has 4 rings (SSSR count). The second-order valence-electron chi connectivity index (χ2n) is 7.06. The van der Waals surface area contributed by atoms with Gasteiger partial charge in [-0.05, 0) is 28.7 Å². The van der Waals surface area contributed by atoms with E-state index in [2.05, 4.69) is 77.7 Å². The van der Waals surface area contributed by atoms with Crippen LogP contribution in [0.2, 0.25) is 0 Å². The predicted molar refractivity (Wildman–Crippen MR) is 108 cm³/mol. The van der Waals surface area contributed by atoms with E-state index in [1.54, 1.807) is 0 Å². The quantitative estimate of drug-likeness (QED) is 0.735. The Bertz CT molecular complexity index is 840. The van der Waals surface area contributed by atoms with Crippen molar-refractivity contribution < 1.29 is 10.2 Å². The summed E-state index contributed by atoms with van der Waals surface area (Å²) in [5.74, 6) is 0. The smallest absolute Gasteiger partial charge is 0.0979 e. The van der Waals surface area contributed by atoms with Gasteiger partial charge in [-0.2, -0.15) is 0 Å². The van der Waals surface area contributed by atoms with Crippen LogP contribution in [-0.4, -0.2) is 40.9 Å². The maximum atomic E-state index is 10.2. The minimum Gasteiger partial charge on any atom is -0.395 e. The van der Waals surface area contributed by atoms with Gasteiger partial charge in [-0.1, -0.05) is 84.9 Å². The minimum atomic E-state index is -0.548. The number of rotatable bonds is 5. The number of aliphatic hydroxyl groups is 2. The summed E-state index contributed by atoms with van der Waals surface area (Å²) in [4.78, 5) is 2.28. The van der Waals surface area contributed by atoms with Crippen LogP contribution in [0.1, 0.15) is 22.3 Å². The number of β-amino-alcohol motifs (C(OH)–C–C–N with tert-alkyl or cyclic N) is 1. The first kappa shape index (κ1) is 17.9. The molecule has 0 radical (unpaired) electrons. The van der Waals surface area contributed by atoms with Gasteiger partial charge >= 0.3 is 0 Å². The normalized spacial score (nSPS) is 18.8. The zero-order valence-electron chi connectivity index (χ0n) is 15.3. The van der Waals surface area contributed by atoms with Gasteiger partial charge < -0.3 is 10.2 Å². The summed E-state index contributed by atoms with van der Waals surface area (Å²) in [7, 11) is 0. The van der Waals surface area contributed by atoms with Crippen LogP contribution in [0.15, 0.2) is 84.9 Å². The lowest BCUT2D eigenvalue weighted by atomic mass is 9.69. The molecule has 0 bridgehead atoms. The van der Waals surface area contributed by atoms with E-state index < -0.39 is 5.54 Å². The van der Waals surface area contributed by atoms with Gasteiger partial charge in [-0.25, -0.2) is 0 Å². The molecule has 0 amide bonds. The van der Waals surface area contributed by atoms with Crippen LogP contribution >= 0.6 is 0 Å². The average molecular weight is 359 g/mol. The second kappa shape index (κ2) is 7.65. The maximum absolute atomic E-state index is 10.2. The Morgan fingerprint density at radius 2 is 1.33 bits per heavy atom. The summed E-state index contributed by atoms with van der Waals surface area (Å²) in [6, 6.07) is 29.3. The van der Waals surface area contributed by atoms with Crippen molar-refractivity contribution in [2.75, 3.05) is 19.8 Å². The number of aliphatic hydroxyl groups excluding tert-OH is 2. The van der Waals surface area contributed by atoms with Crippen molar-refractivity contribution in [2.24, 2.45) is 0 Å². The third kappa shape index (κ3) is 2.88. The molecule has 3 heteroatoms. The Labute approximate surface area is 160 Å². The fraction of sp³-hybridized carbons (Fsp3) is 0.250. The highest BCUT2D eigenvalue weighted by Gasteiger charge is 2.48. The molecule has 1 aliphatic rings. The molecule has 1 heterocycles. The summed E-state index contributed by atoms with van der Waals surface area (Å²) in [5.41, 5.74) is 4.22. The first-order valence-corrected chi connectivity index (χ1v) is 9.50. The number of benzene rings is 3. The van der Waals surface area contributed by atoms with E-state index in [-0.39, 0.29) is 19.3 Å². The van der Waals surface area contributed by atoms with E-state index in [9.17, 15) is 10.2 Å².